The molecule has 2 heterocycles. The molecular weight excluding hydrogens is 404 g/mol. The molecule has 2 aliphatic heterocycles. The summed E-state index contributed by atoms with van der Waals surface area (Å²) in [5.41, 5.74) is 1.36. The number of carboxylic acids is 1. The third kappa shape index (κ3) is 8.39. The monoisotopic (exact) mass is 440 g/mol. The van der Waals surface area contributed by atoms with Gasteiger partial charge in [0, 0.05) is 25.0 Å². The fourth-order valence-corrected chi connectivity index (χ4v) is 5.70. The highest BCUT2D eigenvalue weighted by Gasteiger charge is 2.47. The quantitative estimate of drug-likeness (QED) is 0.228. The summed E-state index contributed by atoms with van der Waals surface area (Å²) in [7, 11) is 0. The molecule has 1 aromatic carbocycles. The van der Waals surface area contributed by atoms with Crippen LogP contribution in [0.3, 0.4) is 0 Å². The van der Waals surface area contributed by atoms with Crippen LogP contribution in [-0.4, -0.2) is 34.8 Å². The van der Waals surface area contributed by atoms with Gasteiger partial charge in [-0.05, 0) is 68.1 Å². The Hall–Kier alpha value is -1.70. The van der Waals surface area contributed by atoms with Gasteiger partial charge < -0.3 is 9.84 Å². The third-order valence-corrected chi connectivity index (χ3v) is 7.42. The van der Waals surface area contributed by atoms with Gasteiger partial charge in [0.15, 0.2) is 0 Å². The third-order valence-electron chi connectivity index (χ3n) is 6.40. The van der Waals surface area contributed by atoms with Gasteiger partial charge in [-0.25, -0.2) is 0 Å². The molecule has 2 fully saturated rings. The smallest absolute Gasteiger partial charge is 0.303 e. The number of ether oxygens (including phenoxy) is 1. The van der Waals surface area contributed by atoms with Crippen molar-refractivity contribution in [1.29, 1.82) is 0 Å². The van der Waals surface area contributed by atoms with Gasteiger partial charge in [0.2, 0.25) is 0 Å². The first-order valence-corrected chi connectivity index (χ1v) is 13.0. The van der Waals surface area contributed by atoms with Crippen LogP contribution in [0.15, 0.2) is 42.5 Å². The number of unbranched alkanes of at least 4 members (excludes halogenated alkanes) is 1. The van der Waals surface area contributed by atoms with Gasteiger partial charge in [0.25, 0.3) is 0 Å². The number of thioether (sulfide) groups is 1. The van der Waals surface area contributed by atoms with Crippen molar-refractivity contribution in [3.8, 4) is 11.8 Å². The largest absolute Gasteiger partial charge is 0.481 e. The van der Waals surface area contributed by atoms with E-state index in [-0.39, 0.29) is 6.42 Å². The molecule has 0 spiro atoms. The Kier molecular flexibility index (Phi) is 10.6. The molecule has 3 nitrogen and oxygen atoms in total. The highest BCUT2D eigenvalue weighted by atomic mass is 32.2. The molecule has 2 saturated heterocycles. The predicted octanol–water partition coefficient (Wildman–Crippen LogP) is 6.13. The van der Waals surface area contributed by atoms with E-state index in [0.29, 0.717) is 24.0 Å². The average molecular weight is 441 g/mol. The molecular formula is C27H36O3S. The van der Waals surface area contributed by atoms with Crippen LogP contribution >= 0.6 is 11.8 Å². The van der Waals surface area contributed by atoms with Gasteiger partial charge in [0.05, 0.1) is 12.2 Å². The van der Waals surface area contributed by atoms with Crippen molar-refractivity contribution in [1.82, 2.24) is 0 Å². The van der Waals surface area contributed by atoms with Crippen molar-refractivity contribution in [2.24, 2.45) is 11.8 Å². The van der Waals surface area contributed by atoms with Gasteiger partial charge in [0.1, 0.15) is 0 Å². The molecule has 0 aliphatic carbocycles. The first-order chi connectivity index (χ1) is 15.2. The zero-order chi connectivity index (χ0) is 21.7. The Morgan fingerprint density at radius 1 is 1.06 bits per heavy atom. The zero-order valence-electron chi connectivity index (χ0n) is 18.5. The van der Waals surface area contributed by atoms with Gasteiger partial charge in [-0.3, -0.25) is 4.79 Å². The van der Waals surface area contributed by atoms with Crippen LogP contribution in [0.5, 0.6) is 0 Å². The number of fused-ring (bicyclic) bond motifs is 2. The van der Waals surface area contributed by atoms with E-state index in [1.54, 1.807) is 0 Å². The average Bonchev–Trinajstić information content (AvgIpc) is 3.37. The van der Waals surface area contributed by atoms with Crippen molar-refractivity contribution in [2.75, 3.05) is 11.5 Å². The normalized spacial score (nSPS) is 24.4. The number of rotatable bonds is 13. The van der Waals surface area contributed by atoms with Crippen LogP contribution in [-0.2, 0) is 16.0 Å². The van der Waals surface area contributed by atoms with Gasteiger partial charge in [-0.1, -0.05) is 42.5 Å². The first kappa shape index (κ1) is 24.0. The molecule has 168 valence electrons. The Morgan fingerprint density at radius 3 is 2.65 bits per heavy atom. The lowest BCUT2D eigenvalue weighted by Gasteiger charge is -2.27. The van der Waals surface area contributed by atoms with E-state index in [4.69, 9.17) is 9.84 Å². The van der Waals surface area contributed by atoms with Gasteiger partial charge in [-0.15, -0.1) is 11.8 Å². The second-order valence-corrected chi connectivity index (χ2v) is 9.83. The van der Waals surface area contributed by atoms with E-state index in [1.807, 2.05) is 11.8 Å². The molecule has 0 unspecified atom stereocenters. The second kappa shape index (κ2) is 13.7. The fraction of sp³-hybridized carbons (Fsp3) is 0.593. The maximum absolute atomic E-state index is 10.6. The van der Waals surface area contributed by atoms with Crippen LogP contribution in [0.1, 0.15) is 63.4 Å². The van der Waals surface area contributed by atoms with E-state index >= 15 is 0 Å². The SMILES string of the molecule is O=C(O)CCC/C=C\C[C@@H]1[C@H](CCSCCC#CCCc2ccccc2)[C@@H]2CC[C@H]1O2. The van der Waals surface area contributed by atoms with Crippen molar-refractivity contribution in [3.63, 3.8) is 0 Å². The number of aliphatic carboxylic acids is 1. The maximum atomic E-state index is 10.6. The van der Waals surface area contributed by atoms with Crippen LogP contribution in [0.2, 0.25) is 0 Å². The second-order valence-electron chi connectivity index (χ2n) is 8.60. The molecule has 3 rings (SSSR count). The molecule has 0 saturated carbocycles. The number of hydrogen-bond donors (Lipinski definition) is 1. The minimum absolute atomic E-state index is 0.263. The summed E-state index contributed by atoms with van der Waals surface area (Å²) in [6, 6.07) is 10.6. The maximum Gasteiger partial charge on any atom is 0.303 e. The summed E-state index contributed by atoms with van der Waals surface area (Å²) in [5, 5.41) is 8.72. The van der Waals surface area contributed by atoms with Crippen molar-refractivity contribution in [2.45, 2.75) is 76.4 Å². The molecule has 2 bridgehead atoms. The lowest BCUT2D eigenvalue weighted by atomic mass is 9.76. The number of aryl methyl sites for hydroxylation is 1. The van der Waals surface area contributed by atoms with E-state index in [2.05, 4.69) is 54.3 Å². The van der Waals surface area contributed by atoms with E-state index in [9.17, 15) is 4.79 Å². The fourth-order valence-electron chi connectivity index (χ4n) is 4.81. The highest BCUT2D eigenvalue weighted by molar-refractivity contribution is 7.99. The summed E-state index contributed by atoms with van der Waals surface area (Å²) in [4.78, 5) is 10.6. The lowest BCUT2D eigenvalue weighted by molar-refractivity contribution is -0.137. The summed E-state index contributed by atoms with van der Waals surface area (Å²) < 4.78 is 6.22. The molecule has 0 aromatic heterocycles. The Labute approximate surface area is 192 Å². The molecule has 4 heteroatoms. The molecule has 1 N–H and O–H groups in total. The van der Waals surface area contributed by atoms with Gasteiger partial charge >= 0.3 is 5.97 Å². The van der Waals surface area contributed by atoms with Crippen LogP contribution in [0.4, 0.5) is 0 Å². The Morgan fingerprint density at radius 2 is 1.84 bits per heavy atom. The topological polar surface area (TPSA) is 46.5 Å². The minimum atomic E-state index is -0.703. The predicted molar refractivity (Wildman–Crippen MR) is 129 cm³/mol. The van der Waals surface area contributed by atoms with Crippen molar-refractivity contribution < 1.29 is 14.6 Å². The molecule has 4 atom stereocenters. The lowest BCUT2D eigenvalue weighted by Crippen LogP contribution is -2.27. The summed E-state index contributed by atoms with van der Waals surface area (Å²) in [5.74, 6) is 9.59. The number of allylic oxidation sites excluding steroid dienone is 2. The molecule has 2 aliphatic rings. The van der Waals surface area contributed by atoms with E-state index in [0.717, 1.165) is 44.3 Å². The number of benzene rings is 1. The van der Waals surface area contributed by atoms with Crippen LogP contribution in [0.25, 0.3) is 0 Å². The van der Waals surface area contributed by atoms with Crippen molar-refractivity contribution >= 4 is 17.7 Å². The zero-order valence-corrected chi connectivity index (χ0v) is 19.3. The number of hydrogen-bond acceptors (Lipinski definition) is 3. The summed E-state index contributed by atoms with van der Waals surface area (Å²) >= 11 is 2.03. The van der Waals surface area contributed by atoms with Crippen LogP contribution < -0.4 is 0 Å². The number of carbonyl (C=O) groups is 1. The van der Waals surface area contributed by atoms with Gasteiger partial charge in [-0.2, -0.15) is 11.8 Å². The molecule has 31 heavy (non-hydrogen) atoms. The standard InChI is InChI=1S/C27H36O3S/c28-27(29)16-10-2-1-9-15-23-24(26-18-17-25(23)30-26)19-21-31-20-11-4-3-6-12-22-13-7-5-8-14-22/h1,5,7-9,13-14,23-26H,2,6,10-12,15-21H2,(H,28,29)/b9-1-/t23-,24+,25-,26+/m1/s1. The Bertz CT molecular complexity index is 749. The summed E-state index contributed by atoms with van der Waals surface area (Å²) in [6.45, 7) is 0. The van der Waals surface area contributed by atoms with E-state index < -0.39 is 5.97 Å². The highest BCUT2D eigenvalue weighted by Crippen LogP contribution is 2.47. The minimum Gasteiger partial charge on any atom is -0.481 e. The number of carboxylic acid groups (broad SMARTS) is 1. The molecule has 0 amide bonds. The van der Waals surface area contributed by atoms with Crippen LogP contribution in [0, 0.1) is 23.7 Å². The first-order valence-electron chi connectivity index (χ1n) is 11.8. The molecule has 1 aromatic rings. The molecule has 0 radical (unpaired) electrons. The van der Waals surface area contributed by atoms with Crippen molar-refractivity contribution in [3.05, 3.63) is 48.0 Å². The Balaban J connectivity index is 1.27. The summed E-state index contributed by atoms with van der Waals surface area (Å²) in [6.07, 6.45) is 14.9. The van der Waals surface area contributed by atoms with E-state index in [1.165, 1.54) is 30.6 Å².